The van der Waals surface area contributed by atoms with Crippen LogP contribution in [0.4, 0.5) is 10.5 Å². The molecule has 4 nitrogen and oxygen atoms in total. The van der Waals surface area contributed by atoms with Gasteiger partial charge in [0.05, 0.1) is 5.52 Å². The highest BCUT2D eigenvalue weighted by Crippen LogP contribution is 2.35. The van der Waals surface area contributed by atoms with Gasteiger partial charge in [-0.1, -0.05) is 56.3 Å². The van der Waals surface area contributed by atoms with E-state index in [1.54, 1.807) is 28.8 Å². The van der Waals surface area contributed by atoms with Crippen molar-refractivity contribution in [3.05, 3.63) is 90.1 Å². The lowest BCUT2D eigenvalue weighted by Gasteiger charge is -2.12. The number of ketones is 1. The van der Waals surface area contributed by atoms with Crippen molar-refractivity contribution in [3.8, 4) is 11.1 Å². The Hall–Kier alpha value is -3.66. The van der Waals surface area contributed by atoms with Gasteiger partial charge in [-0.15, -0.1) is 0 Å². The van der Waals surface area contributed by atoms with Crippen LogP contribution < -0.4 is 5.32 Å². The zero-order chi connectivity index (χ0) is 21.3. The Labute approximate surface area is 176 Å². The Bertz CT molecular complexity index is 1230. The SMILES string of the molecule is CC(=O)c1ccc(NC(=O)n2cc(-c3ccccc3C(C)C)c3ccccc32)cc1. The summed E-state index contributed by atoms with van der Waals surface area (Å²) in [5.41, 5.74) is 5.54. The van der Waals surface area contributed by atoms with Crippen molar-refractivity contribution >= 4 is 28.4 Å². The van der Waals surface area contributed by atoms with E-state index < -0.39 is 0 Å². The number of aromatic nitrogens is 1. The predicted octanol–water partition coefficient (Wildman–Crippen LogP) is 6.71. The lowest BCUT2D eigenvalue weighted by atomic mass is 9.92. The normalized spacial score (nSPS) is 11.1. The summed E-state index contributed by atoms with van der Waals surface area (Å²) in [7, 11) is 0. The van der Waals surface area contributed by atoms with Gasteiger partial charge in [0.1, 0.15) is 0 Å². The molecule has 0 saturated heterocycles. The molecule has 0 aliphatic heterocycles. The van der Waals surface area contributed by atoms with Gasteiger partial charge in [0, 0.05) is 28.4 Å². The molecular weight excluding hydrogens is 372 g/mol. The van der Waals surface area contributed by atoms with Crippen molar-refractivity contribution in [1.29, 1.82) is 0 Å². The number of anilines is 1. The molecule has 0 radical (unpaired) electrons. The van der Waals surface area contributed by atoms with Crippen molar-refractivity contribution in [2.24, 2.45) is 0 Å². The Morgan fingerprint density at radius 3 is 2.20 bits per heavy atom. The van der Waals surface area contributed by atoms with Gasteiger partial charge < -0.3 is 5.32 Å². The van der Waals surface area contributed by atoms with Crippen LogP contribution >= 0.6 is 0 Å². The van der Waals surface area contributed by atoms with Crippen molar-refractivity contribution in [2.45, 2.75) is 26.7 Å². The van der Waals surface area contributed by atoms with Gasteiger partial charge in [0.2, 0.25) is 0 Å². The first-order valence-electron chi connectivity index (χ1n) is 10.1. The number of benzene rings is 3. The fourth-order valence-electron chi connectivity index (χ4n) is 3.78. The Morgan fingerprint density at radius 2 is 1.50 bits per heavy atom. The highest BCUT2D eigenvalue weighted by Gasteiger charge is 2.17. The molecule has 1 aromatic heterocycles. The van der Waals surface area contributed by atoms with Crippen LogP contribution in [-0.4, -0.2) is 16.4 Å². The molecule has 0 aliphatic carbocycles. The maximum Gasteiger partial charge on any atom is 0.330 e. The van der Waals surface area contributed by atoms with Gasteiger partial charge in [-0.2, -0.15) is 0 Å². The molecule has 150 valence electrons. The van der Waals surface area contributed by atoms with E-state index in [9.17, 15) is 9.59 Å². The summed E-state index contributed by atoms with van der Waals surface area (Å²) in [5, 5.41) is 3.97. The number of carbonyl (C=O) groups excluding carboxylic acids is 2. The molecule has 1 N–H and O–H groups in total. The number of para-hydroxylation sites is 1. The minimum absolute atomic E-state index is 0.00209. The average Bonchev–Trinajstić information content (AvgIpc) is 3.14. The van der Waals surface area contributed by atoms with Crippen molar-refractivity contribution < 1.29 is 9.59 Å². The molecule has 0 fully saturated rings. The summed E-state index contributed by atoms with van der Waals surface area (Å²) in [6.45, 7) is 5.88. The number of nitrogens with one attached hydrogen (secondary N) is 1. The second-order valence-corrected chi connectivity index (χ2v) is 7.74. The Morgan fingerprint density at radius 1 is 0.833 bits per heavy atom. The highest BCUT2D eigenvalue weighted by molar-refractivity contribution is 6.05. The van der Waals surface area contributed by atoms with Crippen LogP contribution in [0.5, 0.6) is 0 Å². The smallest absolute Gasteiger partial charge is 0.307 e. The molecule has 0 spiro atoms. The molecule has 4 heteroatoms. The number of amides is 1. The summed E-state index contributed by atoms with van der Waals surface area (Å²) >= 11 is 0. The van der Waals surface area contributed by atoms with E-state index in [2.05, 4.69) is 37.4 Å². The molecular formula is C26H24N2O2. The van der Waals surface area contributed by atoms with Crippen LogP contribution in [0, 0.1) is 0 Å². The topological polar surface area (TPSA) is 51.1 Å². The van der Waals surface area contributed by atoms with Gasteiger partial charge >= 0.3 is 6.03 Å². The summed E-state index contributed by atoms with van der Waals surface area (Å²) in [4.78, 5) is 24.6. The van der Waals surface area contributed by atoms with Gasteiger partial charge in [-0.05, 0) is 54.3 Å². The molecule has 1 amide bonds. The zero-order valence-corrected chi connectivity index (χ0v) is 17.3. The minimum Gasteiger partial charge on any atom is -0.307 e. The molecule has 0 bridgehead atoms. The van der Waals surface area contributed by atoms with E-state index in [1.807, 2.05) is 36.5 Å². The zero-order valence-electron chi connectivity index (χ0n) is 17.3. The fraction of sp³-hybridized carbons (Fsp3) is 0.154. The van der Waals surface area contributed by atoms with Crippen molar-refractivity contribution in [3.63, 3.8) is 0 Å². The second-order valence-electron chi connectivity index (χ2n) is 7.74. The lowest BCUT2D eigenvalue weighted by molar-refractivity contribution is 0.101. The molecule has 0 aliphatic rings. The van der Waals surface area contributed by atoms with Crippen LogP contribution in [0.15, 0.2) is 79.0 Å². The predicted molar refractivity (Wildman–Crippen MR) is 122 cm³/mol. The van der Waals surface area contributed by atoms with Crippen LogP contribution in [-0.2, 0) is 0 Å². The van der Waals surface area contributed by atoms with E-state index in [1.165, 1.54) is 12.5 Å². The monoisotopic (exact) mass is 396 g/mol. The minimum atomic E-state index is -0.241. The first-order valence-corrected chi connectivity index (χ1v) is 10.1. The number of nitrogens with zero attached hydrogens (tertiary/aromatic N) is 1. The lowest BCUT2D eigenvalue weighted by Crippen LogP contribution is -2.18. The van der Waals surface area contributed by atoms with E-state index >= 15 is 0 Å². The van der Waals surface area contributed by atoms with E-state index in [0.29, 0.717) is 17.2 Å². The van der Waals surface area contributed by atoms with Gasteiger partial charge in [0.25, 0.3) is 0 Å². The third kappa shape index (κ3) is 3.64. The second kappa shape index (κ2) is 7.99. The average molecular weight is 396 g/mol. The highest BCUT2D eigenvalue weighted by atomic mass is 16.2. The quantitative estimate of drug-likeness (QED) is 0.390. The fourth-order valence-corrected chi connectivity index (χ4v) is 3.78. The number of fused-ring (bicyclic) bond motifs is 1. The maximum atomic E-state index is 13.1. The third-order valence-electron chi connectivity index (χ3n) is 5.35. The van der Waals surface area contributed by atoms with Crippen molar-refractivity contribution in [1.82, 2.24) is 4.57 Å². The molecule has 1 heterocycles. The third-order valence-corrected chi connectivity index (χ3v) is 5.35. The van der Waals surface area contributed by atoms with Crippen LogP contribution in [0.3, 0.4) is 0 Å². The number of carbonyl (C=O) groups is 2. The van der Waals surface area contributed by atoms with E-state index in [-0.39, 0.29) is 11.8 Å². The number of hydrogen-bond donors (Lipinski definition) is 1. The first-order chi connectivity index (χ1) is 14.5. The van der Waals surface area contributed by atoms with Crippen molar-refractivity contribution in [2.75, 3.05) is 5.32 Å². The van der Waals surface area contributed by atoms with Gasteiger partial charge in [0.15, 0.2) is 5.78 Å². The first kappa shape index (κ1) is 19.6. The standard InChI is InChI=1S/C26H24N2O2/c1-17(2)21-8-4-5-9-22(21)24-16-28(25-11-7-6-10-23(24)25)26(30)27-20-14-12-19(13-15-20)18(3)29/h4-17H,1-3H3,(H,27,30). The Balaban J connectivity index is 1.76. The summed E-state index contributed by atoms with van der Waals surface area (Å²) < 4.78 is 1.65. The summed E-state index contributed by atoms with van der Waals surface area (Å²) in [6.07, 6.45) is 1.91. The molecule has 0 unspecified atom stereocenters. The molecule has 3 aromatic carbocycles. The molecule has 0 atom stereocenters. The van der Waals surface area contributed by atoms with E-state index in [0.717, 1.165) is 22.0 Å². The molecule has 4 aromatic rings. The largest absolute Gasteiger partial charge is 0.330 e. The Kier molecular flexibility index (Phi) is 5.23. The molecule has 0 saturated carbocycles. The van der Waals surface area contributed by atoms with Crippen LogP contribution in [0.1, 0.15) is 42.6 Å². The maximum absolute atomic E-state index is 13.1. The van der Waals surface area contributed by atoms with Crippen LogP contribution in [0.25, 0.3) is 22.0 Å². The van der Waals surface area contributed by atoms with Gasteiger partial charge in [-0.25, -0.2) is 4.79 Å². The molecule has 30 heavy (non-hydrogen) atoms. The summed E-state index contributed by atoms with van der Waals surface area (Å²) in [5.74, 6) is 0.370. The number of Topliss-reactive ketones (excluding diaryl/α,β-unsaturated/α-hetero) is 1. The van der Waals surface area contributed by atoms with Gasteiger partial charge in [-0.3, -0.25) is 9.36 Å². The van der Waals surface area contributed by atoms with E-state index in [4.69, 9.17) is 0 Å². The molecule has 4 rings (SSSR count). The number of rotatable bonds is 4. The summed E-state index contributed by atoms with van der Waals surface area (Å²) in [6, 6.07) is 23.0. The van der Waals surface area contributed by atoms with Crippen LogP contribution in [0.2, 0.25) is 0 Å². The number of hydrogen-bond acceptors (Lipinski definition) is 2.